The number of likely N-dealkylation sites (N-methyl/N-ethyl adjacent to an activating group) is 1. The van der Waals surface area contributed by atoms with Crippen molar-refractivity contribution in [2.24, 2.45) is 4.99 Å². The molecule has 0 saturated carbocycles. The number of hydrogen-bond donors (Lipinski definition) is 0. The second-order valence-corrected chi connectivity index (χ2v) is 5.38. The van der Waals surface area contributed by atoms with Crippen LogP contribution in [0.3, 0.4) is 0 Å². The van der Waals surface area contributed by atoms with Crippen molar-refractivity contribution in [1.29, 1.82) is 0 Å². The van der Waals surface area contributed by atoms with Crippen LogP contribution in [0.15, 0.2) is 29.3 Å². The fourth-order valence-corrected chi connectivity index (χ4v) is 2.60. The van der Waals surface area contributed by atoms with Gasteiger partial charge in [0.15, 0.2) is 0 Å². The molecule has 0 aliphatic carbocycles. The molecule has 0 bridgehead atoms. The third-order valence-electron chi connectivity index (χ3n) is 3.75. The summed E-state index contributed by atoms with van der Waals surface area (Å²) >= 11 is 0. The van der Waals surface area contributed by atoms with E-state index in [1.54, 1.807) is 23.9 Å². The third-order valence-corrected chi connectivity index (χ3v) is 3.75. The molecule has 1 aromatic rings. The maximum atomic E-state index is 12.7. The molecule has 2 aliphatic rings. The number of aliphatic imine (C=N–C) groups is 1. The summed E-state index contributed by atoms with van der Waals surface area (Å²) in [5.41, 5.74) is 1.68. The molecule has 0 atom stereocenters. The van der Waals surface area contributed by atoms with Crippen molar-refractivity contribution in [3.05, 3.63) is 29.8 Å². The van der Waals surface area contributed by atoms with Crippen LogP contribution in [-0.4, -0.2) is 61.3 Å². The Morgan fingerprint density at radius 3 is 2.86 bits per heavy atom. The highest BCUT2D eigenvalue weighted by atomic mass is 16.2. The molecule has 3 amide bonds. The molecular formula is C15H18N4O2. The van der Waals surface area contributed by atoms with Crippen molar-refractivity contribution in [2.75, 3.05) is 38.6 Å². The van der Waals surface area contributed by atoms with Crippen LogP contribution in [0.2, 0.25) is 0 Å². The lowest BCUT2D eigenvalue weighted by molar-refractivity contribution is -0.127. The van der Waals surface area contributed by atoms with Gasteiger partial charge in [-0.3, -0.25) is 19.6 Å². The highest BCUT2D eigenvalue weighted by Gasteiger charge is 2.36. The zero-order valence-electron chi connectivity index (χ0n) is 12.2. The third kappa shape index (κ3) is 2.26. The minimum Gasteiger partial charge on any atom is -0.347 e. The summed E-state index contributed by atoms with van der Waals surface area (Å²) in [6.45, 7) is 1.44. The van der Waals surface area contributed by atoms with Gasteiger partial charge in [-0.1, -0.05) is 12.1 Å². The van der Waals surface area contributed by atoms with E-state index >= 15 is 0 Å². The second-order valence-electron chi connectivity index (χ2n) is 5.38. The minimum atomic E-state index is -0.164. The van der Waals surface area contributed by atoms with Crippen LogP contribution in [0.25, 0.3) is 0 Å². The van der Waals surface area contributed by atoms with E-state index in [-0.39, 0.29) is 18.5 Å². The van der Waals surface area contributed by atoms with Gasteiger partial charge in [-0.25, -0.2) is 4.79 Å². The number of benzene rings is 1. The van der Waals surface area contributed by atoms with Gasteiger partial charge in [-0.05, 0) is 18.6 Å². The monoisotopic (exact) mass is 286 g/mol. The van der Waals surface area contributed by atoms with E-state index in [0.29, 0.717) is 6.54 Å². The molecule has 0 N–H and O–H groups in total. The Morgan fingerprint density at radius 1 is 1.33 bits per heavy atom. The van der Waals surface area contributed by atoms with Gasteiger partial charge >= 0.3 is 6.03 Å². The van der Waals surface area contributed by atoms with Crippen molar-refractivity contribution in [3.63, 3.8) is 0 Å². The molecule has 0 spiro atoms. The number of amidine groups is 1. The van der Waals surface area contributed by atoms with Gasteiger partial charge in [0.2, 0.25) is 5.91 Å². The number of para-hydroxylation sites is 1. The molecule has 1 aromatic carbocycles. The molecule has 0 unspecified atom stereocenters. The Balaban J connectivity index is 2.04. The van der Waals surface area contributed by atoms with E-state index in [4.69, 9.17) is 0 Å². The normalized spacial score (nSPS) is 17.0. The standard InChI is InChI=1S/C15H18N4O2/c1-17(2)13(20)10-19-12-7-4-3-6-11(12)14-16-8-5-9-18(14)15(19)21/h3-4,6-7H,5,8-10H2,1-2H3. The first-order valence-corrected chi connectivity index (χ1v) is 7.02. The Bertz CT molecular complexity index is 624. The topological polar surface area (TPSA) is 56.2 Å². The fraction of sp³-hybridized carbons (Fsp3) is 0.400. The summed E-state index contributed by atoms with van der Waals surface area (Å²) in [6.07, 6.45) is 0.854. The molecule has 0 radical (unpaired) electrons. The zero-order chi connectivity index (χ0) is 15.0. The SMILES string of the molecule is CN(C)C(=O)CN1C(=O)N2CCCN=C2c2ccccc21. The van der Waals surface area contributed by atoms with Crippen LogP contribution >= 0.6 is 0 Å². The van der Waals surface area contributed by atoms with Crippen LogP contribution in [0.4, 0.5) is 10.5 Å². The number of amides is 3. The van der Waals surface area contributed by atoms with Gasteiger partial charge in [0.05, 0.1) is 5.69 Å². The summed E-state index contributed by atoms with van der Waals surface area (Å²) in [6, 6.07) is 7.45. The lowest BCUT2D eigenvalue weighted by Gasteiger charge is -2.39. The van der Waals surface area contributed by atoms with Crippen LogP contribution < -0.4 is 4.90 Å². The van der Waals surface area contributed by atoms with E-state index in [0.717, 1.165) is 30.1 Å². The average molecular weight is 286 g/mol. The molecule has 2 heterocycles. The van der Waals surface area contributed by atoms with Crippen molar-refractivity contribution < 1.29 is 9.59 Å². The van der Waals surface area contributed by atoms with Crippen LogP contribution in [0, 0.1) is 0 Å². The minimum absolute atomic E-state index is 0.0482. The van der Waals surface area contributed by atoms with Gasteiger partial charge in [0.25, 0.3) is 0 Å². The highest BCUT2D eigenvalue weighted by molar-refractivity contribution is 6.20. The predicted octanol–water partition coefficient (Wildman–Crippen LogP) is 1.17. The molecule has 6 nitrogen and oxygen atoms in total. The van der Waals surface area contributed by atoms with E-state index in [1.165, 1.54) is 4.90 Å². The largest absolute Gasteiger partial charge is 0.347 e. The molecule has 0 saturated heterocycles. The quantitative estimate of drug-likeness (QED) is 0.819. The Morgan fingerprint density at radius 2 is 2.10 bits per heavy atom. The summed E-state index contributed by atoms with van der Waals surface area (Å²) in [4.78, 5) is 33.9. The van der Waals surface area contributed by atoms with Crippen molar-refractivity contribution in [1.82, 2.24) is 9.80 Å². The maximum absolute atomic E-state index is 12.7. The van der Waals surface area contributed by atoms with E-state index in [9.17, 15) is 9.59 Å². The molecule has 3 rings (SSSR count). The van der Waals surface area contributed by atoms with Crippen LogP contribution in [0.1, 0.15) is 12.0 Å². The van der Waals surface area contributed by atoms with E-state index in [1.807, 2.05) is 24.3 Å². The van der Waals surface area contributed by atoms with Gasteiger partial charge in [-0.2, -0.15) is 0 Å². The lowest BCUT2D eigenvalue weighted by atomic mass is 10.1. The number of fused-ring (bicyclic) bond motifs is 3. The smallest absolute Gasteiger partial charge is 0.330 e. The summed E-state index contributed by atoms with van der Waals surface area (Å²) < 4.78 is 0. The predicted molar refractivity (Wildman–Crippen MR) is 80.6 cm³/mol. The zero-order valence-corrected chi connectivity index (χ0v) is 12.2. The number of carbonyl (C=O) groups excluding carboxylic acids is 2. The Kier molecular flexibility index (Phi) is 3.37. The number of hydrogen-bond acceptors (Lipinski definition) is 3. The first-order chi connectivity index (χ1) is 10.1. The number of nitrogens with zero attached hydrogens (tertiary/aromatic N) is 4. The van der Waals surface area contributed by atoms with E-state index < -0.39 is 0 Å². The molecule has 0 fully saturated rings. The lowest BCUT2D eigenvalue weighted by Crippen LogP contribution is -2.55. The fourth-order valence-electron chi connectivity index (χ4n) is 2.60. The molecule has 110 valence electrons. The molecule has 2 aliphatic heterocycles. The maximum Gasteiger partial charge on any atom is 0.330 e. The van der Waals surface area contributed by atoms with Crippen LogP contribution in [-0.2, 0) is 4.79 Å². The highest BCUT2D eigenvalue weighted by Crippen LogP contribution is 2.30. The molecule has 6 heteroatoms. The Labute approximate surface area is 123 Å². The summed E-state index contributed by atoms with van der Waals surface area (Å²) in [7, 11) is 3.38. The molecular weight excluding hydrogens is 268 g/mol. The first kappa shape index (κ1) is 13.6. The van der Waals surface area contributed by atoms with E-state index in [2.05, 4.69) is 4.99 Å². The number of urea groups is 1. The van der Waals surface area contributed by atoms with Gasteiger partial charge < -0.3 is 4.90 Å². The summed E-state index contributed by atoms with van der Waals surface area (Å²) in [5, 5.41) is 0. The van der Waals surface area contributed by atoms with Gasteiger partial charge in [0, 0.05) is 32.7 Å². The first-order valence-electron chi connectivity index (χ1n) is 7.02. The van der Waals surface area contributed by atoms with Gasteiger partial charge in [-0.15, -0.1) is 0 Å². The molecule has 0 aromatic heterocycles. The Hall–Kier alpha value is -2.37. The summed E-state index contributed by atoms with van der Waals surface area (Å²) in [5.74, 6) is 0.631. The number of rotatable bonds is 2. The van der Waals surface area contributed by atoms with Crippen LogP contribution in [0.5, 0.6) is 0 Å². The van der Waals surface area contributed by atoms with Crippen molar-refractivity contribution >= 4 is 23.5 Å². The number of anilines is 1. The number of carbonyl (C=O) groups is 2. The second kappa shape index (κ2) is 5.20. The molecule has 21 heavy (non-hydrogen) atoms. The van der Waals surface area contributed by atoms with Gasteiger partial charge in [0.1, 0.15) is 12.4 Å². The van der Waals surface area contributed by atoms with Crippen molar-refractivity contribution in [3.8, 4) is 0 Å². The average Bonchev–Trinajstić information content (AvgIpc) is 2.51. The van der Waals surface area contributed by atoms with Crippen molar-refractivity contribution in [2.45, 2.75) is 6.42 Å².